The lowest BCUT2D eigenvalue weighted by molar-refractivity contribution is 0.00157. The number of hydrogen-bond acceptors (Lipinski definition) is 6. The van der Waals surface area contributed by atoms with E-state index in [9.17, 15) is 18.3 Å². The lowest BCUT2D eigenvalue weighted by atomic mass is 9.68. The first-order valence-electron chi connectivity index (χ1n) is 14.6. The van der Waals surface area contributed by atoms with Crippen molar-refractivity contribution in [2.75, 3.05) is 18.0 Å². The van der Waals surface area contributed by atoms with Crippen LogP contribution in [0.3, 0.4) is 0 Å². The third-order valence-corrected chi connectivity index (χ3v) is 11.1. The molecule has 2 N–H and O–H groups in total. The van der Waals surface area contributed by atoms with Gasteiger partial charge in [-0.25, -0.2) is 13.1 Å². The van der Waals surface area contributed by atoms with Gasteiger partial charge in [0.05, 0.1) is 17.0 Å². The molecule has 0 unspecified atom stereocenters. The van der Waals surface area contributed by atoms with Crippen molar-refractivity contribution < 1.29 is 23.1 Å². The molecule has 0 saturated heterocycles. The molecule has 1 aliphatic carbocycles. The second kappa shape index (κ2) is 12.3. The van der Waals surface area contributed by atoms with Crippen LogP contribution in [0.5, 0.6) is 5.75 Å². The third-order valence-electron chi connectivity index (χ3n) is 9.14. The Morgan fingerprint density at radius 3 is 2.62 bits per heavy atom. The predicted molar refractivity (Wildman–Crippen MR) is 158 cm³/mol. The van der Waals surface area contributed by atoms with Gasteiger partial charge in [0.1, 0.15) is 12.4 Å². The molecule has 1 fully saturated rings. The van der Waals surface area contributed by atoms with E-state index in [-0.39, 0.29) is 17.4 Å². The average Bonchev–Trinajstić information content (AvgIpc) is 2.92. The zero-order chi connectivity index (χ0) is 28.4. The van der Waals surface area contributed by atoms with Crippen molar-refractivity contribution in [3.8, 4) is 5.75 Å². The van der Waals surface area contributed by atoms with Crippen LogP contribution in [-0.4, -0.2) is 43.9 Å². The number of aliphatic hydroxyl groups excluding tert-OH is 1. The first-order valence-corrected chi connectivity index (χ1v) is 16.6. The Labute approximate surface area is 243 Å². The van der Waals surface area contributed by atoms with Crippen molar-refractivity contribution in [3.63, 3.8) is 0 Å². The van der Waals surface area contributed by atoms with E-state index in [2.05, 4.69) is 16.5 Å². The van der Waals surface area contributed by atoms with E-state index >= 15 is 0 Å². The number of sulfonamides is 1. The highest BCUT2D eigenvalue weighted by Crippen LogP contribution is 2.42. The van der Waals surface area contributed by atoms with Crippen molar-refractivity contribution in [1.82, 2.24) is 4.72 Å². The number of ether oxygens (including phenoxy) is 1. The number of nitrogens with zero attached hydrogens (tertiary/aromatic N) is 1. The van der Waals surface area contributed by atoms with Crippen molar-refractivity contribution in [3.05, 3.63) is 58.1 Å². The zero-order valence-corrected chi connectivity index (χ0v) is 25.0. The van der Waals surface area contributed by atoms with Crippen molar-refractivity contribution in [2.45, 2.75) is 83.2 Å². The fraction of sp³-hybridized carbons (Fsp3) is 0.581. The number of halogens is 1. The maximum atomic E-state index is 13.2. The van der Waals surface area contributed by atoms with Crippen LogP contribution in [0.25, 0.3) is 0 Å². The van der Waals surface area contributed by atoms with E-state index in [4.69, 9.17) is 16.3 Å². The van der Waals surface area contributed by atoms with Gasteiger partial charge in [-0.1, -0.05) is 24.6 Å². The number of hydrogen-bond donors (Lipinski definition) is 2. The van der Waals surface area contributed by atoms with Gasteiger partial charge in [0.2, 0.25) is 10.0 Å². The van der Waals surface area contributed by atoms with Crippen LogP contribution in [-0.2, 0) is 23.1 Å². The summed E-state index contributed by atoms with van der Waals surface area (Å²) >= 11 is 6.30. The van der Waals surface area contributed by atoms with Gasteiger partial charge in [-0.05, 0) is 118 Å². The summed E-state index contributed by atoms with van der Waals surface area (Å²) < 4.78 is 34.7. The molecule has 3 aliphatic rings. The molecule has 2 heterocycles. The molecule has 1 saturated carbocycles. The molecule has 40 heavy (non-hydrogen) atoms. The monoisotopic (exact) mass is 588 g/mol. The Morgan fingerprint density at radius 2 is 1.85 bits per heavy atom. The van der Waals surface area contributed by atoms with Crippen molar-refractivity contribution >= 4 is 33.2 Å². The molecule has 0 radical (unpaired) electrons. The number of nitrogens with one attached hydrogen (secondary N) is 1. The topological polar surface area (TPSA) is 95.9 Å². The Kier molecular flexibility index (Phi) is 8.98. The molecule has 5 atom stereocenters. The summed E-state index contributed by atoms with van der Waals surface area (Å²) in [6, 6.07) is 11.1. The van der Waals surface area contributed by atoms with Crippen molar-refractivity contribution in [1.29, 1.82) is 0 Å². The molecular weight excluding hydrogens is 548 g/mol. The maximum Gasteiger partial charge on any atom is 0.264 e. The summed E-state index contributed by atoms with van der Waals surface area (Å²) in [6.07, 6.45) is 6.23. The predicted octanol–water partition coefficient (Wildman–Crippen LogP) is 5.72. The third kappa shape index (κ3) is 6.60. The lowest BCUT2D eigenvalue weighted by Crippen LogP contribution is -2.44. The minimum absolute atomic E-state index is 0.193. The highest BCUT2D eigenvalue weighted by atomic mass is 35.5. The molecule has 2 bridgehead atoms. The van der Waals surface area contributed by atoms with Crippen molar-refractivity contribution in [2.24, 2.45) is 17.8 Å². The van der Waals surface area contributed by atoms with Gasteiger partial charge in [0, 0.05) is 23.7 Å². The summed E-state index contributed by atoms with van der Waals surface area (Å²) in [4.78, 5) is 15.5. The summed E-state index contributed by atoms with van der Waals surface area (Å²) in [5.41, 5.74) is 3.34. The van der Waals surface area contributed by atoms with Crippen LogP contribution in [0.15, 0.2) is 36.4 Å². The first-order chi connectivity index (χ1) is 19.1. The second-order valence-electron chi connectivity index (χ2n) is 12.1. The molecule has 1 amide bonds. The fourth-order valence-electron chi connectivity index (χ4n) is 6.36. The number of aliphatic hydroxyl groups is 1. The van der Waals surface area contributed by atoms with Crippen LogP contribution in [0, 0.1) is 17.8 Å². The number of carbonyl (C=O) groups is 1. The minimum Gasteiger partial charge on any atom is -0.487 e. The Morgan fingerprint density at radius 1 is 1.02 bits per heavy atom. The molecule has 2 aromatic rings. The van der Waals surface area contributed by atoms with Crippen LogP contribution in [0.1, 0.15) is 80.3 Å². The second-order valence-corrected chi connectivity index (χ2v) is 14.6. The fourth-order valence-corrected chi connectivity index (χ4v) is 7.58. The minimum atomic E-state index is -3.85. The van der Waals surface area contributed by atoms with Gasteiger partial charge >= 0.3 is 0 Å². The number of anilines is 1. The van der Waals surface area contributed by atoms with Gasteiger partial charge in [-0.3, -0.25) is 4.79 Å². The number of benzene rings is 2. The smallest absolute Gasteiger partial charge is 0.264 e. The van der Waals surface area contributed by atoms with E-state index in [1.807, 2.05) is 18.2 Å². The van der Waals surface area contributed by atoms with Gasteiger partial charge in [0.15, 0.2) is 0 Å². The van der Waals surface area contributed by atoms with E-state index < -0.39 is 27.3 Å². The maximum absolute atomic E-state index is 13.2. The molecular formula is C31H41ClN2O5S. The number of amides is 1. The van der Waals surface area contributed by atoms with Crippen LogP contribution >= 0.6 is 11.6 Å². The van der Waals surface area contributed by atoms with E-state index in [1.54, 1.807) is 25.1 Å². The highest BCUT2D eigenvalue weighted by molar-refractivity contribution is 7.90. The summed E-state index contributed by atoms with van der Waals surface area (Å²) in [5, 5.41) is 11.2. The molecule has 7 nitrogen and oxygen atoms in total. The van der Waals surface area contributed by atoms with Crippen LogP contribution < -0.4 is 14.4 Å². The first kappa shape index (κ1) is 29.2. The number of carbonyl (C=O) groups excluding carboxylic acids is 1. The van der Waals surface area contributed by atoms with Crippen LogP contribution in [0.4, 0.5) is 5.69 Å². The SMILES string of the molecule is C[C@@H]1CC[C@@H](C)S(=O)(=O)NC(=O)c2ccc3c(c2)N(CCCCc2cc(Cl)ccc2CO3)C[C@@H]2CC[C@H]2[C@H](O)C1. The van der Waals surface area contributed by atoms with E-state index in [0.717, 1.165) is 56.4 Å². The highest BCUT2D eigenvalue weighted by Gasteiger charge is 2.38. The lowest BCUT2D eigenvalue weighted by Gasteiger charge is -2.44. The van der Waals surface area contributed by atoms with Gasteiger partial charge in [-0.2, -0.15) is 0 Å². The Hall–Kier alpha value is -2.29. The van der Waals surface area contributed by atoms with Gasteiger partial charge < -0.3 is 14.7 Å². The van der Waals surface area contributed by atoms with E-state index in [1.165, 1.54) is 5.56 Å². The van der Waals surface area contributed by atoms with Crippen LogP contribution in [0.2, 0.25) is 5.02 Å². The molecule has 2 aromatic carbocycles. The standard InChI is InChI=1S/C31H41ClN2O5S/c1-20-6-7-21(2)40(37,38)33-31(36)23-10-13-30-28(17-23)34(18-24-9-12-27(24)29(35)15-20)14-4-3-5-22-16-26(32)11-8-25(22)19-39-30/h8,10-11,13,16-17,20-21,24,27,29,35H,3-7,9,12,14-15,18-19H2,1-2H3,(H,33,36)/t20-,21-,24+,27-,29-/m1/s1. The number of fused-ring (bicyclic) bond motifs is 3. The summed E-state index contributed by atoms with van der Waals surface area (Å²) in [5.74, 6) is 0.790. The molecule has 2 aliphatic heterocycles. The van der Waals surface area contributed by atoms with Gasteiger partial charge in [0.25, 0.3) is 5.91 Å². The Bertz CT molecular complexity index is 1330. The zero-order valence-electron chi connectivity index (χ0n) is 23.4. The molecule has 218 valence electrons. The summed E-state index contributed by atoms with van der Waals surface area (Å²) in [7, 11) is -3.85. The average molecular weight is 589 g/mol. The largest absolute Gasteiger partial charge is 0.487 e. The van der Waals surface area contributed by atoms with Gasteiger partial charge in [-0.15, -0.1) is 0 Å². The number of rotatable bonds is 0. The Balaban J connectivity index is 1.52. The number of aryl methyl sites for hydroxylation is 1. The summed E-state index contributed by atoms with van der Waals surface area (Å²) in [6.45, 7) is 5.60. The molecule has 5 rings (SSSR count). The molecule has 9 heteroatoms. The molecule has 0 spiro atoms. The van der Waals surface area contributed by atoms with E-state index in [0.29, 0.717) is 42.6 Å². The quantitative estimate of drug-likeness (QED) is 0.409. The normalized spacial score (nSPS) is 29.4. The molecule has 0 aromatic heterocycles.